The molecule has 0 radical (unpaired) electrons. The molecule has 0 aliphatic carbocycles. The maximum atomic E-state index is 12.5. The highest BCUT2D eigenvalue weighted by molar-refractivity contribution is 9.10. The molecule has 1 aromatic carbocycles. The summed E-state index contributed by atoms with van der Waals surface area (Å²) < 4.78 is 13.3. The molecule has 0 saturated carbocycles. The second kappa shape index (κ2) is 9.60. The van der Waals surface area contributed by atoms with Gasteiger partial charge in [0.15, 0.2) is 0 Å². The molecule has 0 aliphatic rings. The van der Waals surface area contributed by atoms with Crippen LogP contribution in [0.4, 0.5) is 0 Å². The molecule has 2 aromatic rings. The van der Waals surface area contributed by atoms with Gasteiger partial charge in [0.05, 0.1) is 41.9 Å². The quantitative estimate of drug-likeness (QED) is 0.658. The minimum atomic E-state index is -0.555. The topological polar surface area (TPSA) is 63.9 Å². The summed E-state index contributed by atoms with van der Waals surface area (Å²) in [6.07, 6.45) is -0.555. The van der Waals surface area contributed by atoms with Crippen LogP contribution >= 0.6 is 28.3 Å². The number of aliphatic hydroxyl groups excluding tert-OH is 1. The average Bonchev–Trinajstić information content (AvgIpc) is 2.78. The van der Waals surface area contributed by atoms with E-state index in [1.54, 1.807) is 14.0 Å². The van der Waals surface area contributed by atoms with Crippen LogP contribution in [0.25, 0.3) is 10.9 Å². The van der Waals surface area contributed by atoms with Crippen molar-refractivity contribution in [3.63, 3.8) is 0 Å². The van der Waals surface area contributed by atoms with Crippen molar-refractivity contribution in [3.8, 4) is 5.75 Å². The van der Waals surface area contributed by atoms with Crippen molar-refractivity contribution in [1.82, 2.24) is 9.47 Å². The maximum Gasteiger partial charge on any atom is 0.340 e. The number of aromatic nitrogens is 1. The number of carbonyl (C=O) groups excluding carboxylic acids is 1. The number of esters is 1. The Kier molecular flexibility index (Phi) is 8.40. The molecule has 0 spiro atoms. The first-order valence-electron chi connectivity index (χ1n) is 8.16. The standard InChI is InChI=1S/C18H25BrN2O4.ClH/c1-6-25-18(23)17-11(2)21(10-12(22)9-20(3)4)15-8-14(19)16(24-5)7-13(15)17;/h7-8,12,22H,6,9-10H2,1-5H3;1H. The van der Waals surface area contributed by atoms with E-state index < -0.39 is 6.10 Å². The zero-order valence-corrected chi connectivity index (χ0v) is 18.1. The van der Waals surface area contributed by atoms with Crippen LogP contribution in [0.15, 0.2) is 16.6 Å². The number of rotatable bonds is 7. The van der Waals surface area contributed by atoms with Crippen LogP contribution in [0.3, 0.4) is 0 Å². The lowest BCUT2D eigenvalue weighted by Gasteiger charge is -2.18. The number of aliphatic hydroxyl groups is 1. The Labute approximate surface area is 168 Å². The maximum absolute atomic E-state index is 12.5. The monoisotopic (exact) mass is 448 g/mol. The fraction of sp³-hybridized carbons (Fsp3) is 0.500. The predicted molar refractivity (Wildman–Crippen MR) is 109 cm³/mol. The van der Waals surface area contributed by atoms with Crippen molar-refractivity contribution in [1.29, 1.82) is 0 Å². The molecule has 0 aliphatic heterocycles. The average molecular weight is 450 g/mol. The first-order valence-corrected chi connectivity index (χ1v) is 8.95. The zero-order chi connectivity index (χ0) is 18.7. The first kappa shape index (κ1) is 22.8. The van der Waals surface area contributed by atoms with E-state index in [4.69, 9.17) is 9.47 Å². The van der Waals surface area contributed by atoms with Crippen LogP contribution in [0.2, 0.25) is 0 Å². The van der Waals surface area contributed by atoms with Gasteiger partial charge in [-0.15, -0.1) is 12.4 Å². The number of nitrogens with zero attached hydrogens (tertiary/aromatic N) is 2. The SMILES string of the molecule is CCOC(=O)c1c(C)n(CC(O)CN(C)C)c2cc(Br)c(OC)cc12.Cl. The van der Waals surface area contributed by atoms with Gasteiger partial charge in [-0.25, -0.2) is 4.79 Å². The van der Waals surface area contributed by atoms with Crippen molar-refractivity contribution in [2.75, 3.05) is 34.4 Å². The van der Waals surface area contributed by atoms with Crippen LogP contribution in [0, 0.1) is 6.92 Å². The second-order valence-corrected chi connectivity index (χ2v) is 7.07. The van der Waals surface area contributed by atoms with Crippen molar-refractivity contribution in [3.05, 3.63) is 27.9 Å². The number of halogens is 2. The Bertz CT molecular complexity index is 776. The van der Waals surface area contributed by atoms with Gasteiger partial charge in [-0.1, -0.05) is 0 Å². The largest absolute Gasteiger partial charge is 0.496 e. The number of hydrogen-bond donors (Lipinski definition) is 1. The third-order valence-electron chi connectivity index (χ3n) is 4.05. The molecule has 0 bridgehead atoms. The molecule has 1 unspecified atom stereocenters. The third-order valence-corrected chi connectivity index (χ3v) is 4.67. The molecule has 0 saturated heterocycles. The molecule has 26 heavy (non-hydrogen) atoms. The lowest BCUT2D eigenvalue weighted by atomic mass is 10.1. The van der Waals surface area contributed by atoms with Gasteiger partial charge in [-0.05, 0) is 56.0 Å². The highest BCUT2D eigenvalue weighted by Gasteiger charge is 2.23. The summed E-state index contributed by atoms with van der Waals surface area (Å²) in [5.41, 5.74) is 2.14. The number of benzene rings is 1. The van der Waals surface area contributed by atoms with E-state index >= 15 is 0 Å². The molecular weight excluding hydrogens is 424 g/mol. The Morgan fingerprint density at radius 2 is 2.04 bits per heavy atom. The van der Waals surface area contributed by atoms with E-state index in [0.29, 0.717) is 31.0 Å². The molecule has 2 rings (SSSR count). The fourth-order valence-electron chi connectivity index (χ4n) is 3.02. The summed E-state index contributed by atoms with van der Waals surface area (Å²) in [4.78, 5) is 14.4. The highest BCUT2D eigenvalue weighted by Crippen LogP contribution is 2.35. The summed E-state index contributed by atoms with van der Waals surface area (Å²) in [6, 6.07) is 3.74. The molecule has 1 N–H and O–H groups in total. The van der Waals surface area contributed by atoms with E-state index in [1.165, 1.54) is 0 Å². The van der Waals surface area contributed by atoms with Gasteiger partial charge in [0, 0.05) is 17.6 Å². The van der Waals surface area contributed by atoms with Crippen molar-refractivity contribution >= 4 is 45.2 Å². The smallest absolute Gasteiger partial charge is 0.340 e. The Balaban J connectivity index is 0.00000338. The Morgan fingerprint density at radius 1 is 1.38 bits per heavy atom. The summed E-state index contributed by atoms with van der Waals surface area (Å²) in [7, 11) is 5.41. The van der Waals surface area contributed by atoms with Gasteiger partial charge in [0.1, 0.15) is 5.75 Å². The predicted octanol–water partition coefficient (Wildman–Crippen LogP) is 3.24. The number of likely N-dealkylation sites (N-methyl/N-ethyl adjacent to an activating group) is 1. The van der Waals surface area contributed by atoms with Crippen molar-refractivity contribution in [2.24, 2.45) is 0 Å². The lowest BCUT2D eigenvalue weighted by molar-refractivity contribution is 0.0526. The normalized spacial score (nSPS) is 12.2. The summed E-state index contributed by atoms with van der Waals surface area (Å²) in [5, 5.41) is 11.1. The van der Waals surface area contributed by atoms with Crippen LogP contribution in [0.5, 0.6) is 5.75 Å². The molecule has 146 valence electrons. The minimum absolute atomic E-state index is 0. The minimum Gasteiger partial charge on any atom is -0.496 e. The lowest BCUT2D eigenvalue weighted by Crippen LogP contribution is -2.29. The van der Waals surface area contributed by atoms with Crippen LogP contribution in [-0.2, 0) is 11.3 Å². The molecule has 1 aromatic heterocycles. The summed E-state index contributed by atoms with van der Waals surface area (Å²) >= 11 is 3.49. The van der Waals surface area contributed by atoms with Gasteiger partial charge in [-0.3, -0.25) is 0 Å². The first-order chi connectivity index (χ1) is 11.8. The summed E-state index contributed by atoms with van der Waals surface area (Å²) in [5.74, 6) is 0.277. The number of fused-ring (bicyclic) bond motifs is 1. The molecule has 1 atom stereocenters. The van der Waals surface area contributed by atoms with Gasteiger partial charge in [-0.2, -0.15) is 0 Å². The van der Waals surface area contributed by atoms with E-state index in [-0.39, 0.29) is 18.4 Å². The van der Waals surface area contributed by atoms with E-state index in [0.717, 1.165) is 21.1 Å². The van der Waals surface area contributed by atoms with Crippen molar-refractivity contribution in [2.45, 2.75) is 26.5 Å². The number of hydrogen-bond acceptors (Lipinski definition) is 5. The third kappa shape index (κ3) is 4.71. The summed E-state index contributed by atoms with van der Waals surface area (Å²) in [6.45, 7) is 4.88. The van der Waals surface area contributed by atoms with Crippen LogP contribution in [-0.4, -0.2) is 61.0 Å². The van der Waals surface area contributed by atoms with Crippen molar-refractivity contribution < 1.29 is 19.4 Å². The number of carbonyl (C=O) groups is 1. The number of methoxy groups -OCH3 is 1. The Morgan fingerprint density at radius 3 is 2.58 bits per heavy atom. The van der Waals surface area contributed by atoms with Gasteiger partial charge in [0.25, 0.3) is 0 Å². The van der Waals surface area contributed by atoms with E-state index in [1.807, 2.05) is 42.6 Å². The van der Waals surface area contributed by atoms with E-state index in [2.05, 4.69) is 15.9 Å². The molecule has 0 amide bonds. The molecule has 0 fully saturated rings. The molecule has 6 nitrogen and oxygen atoms in total. The second-order valence-electron chi connectivity index (χ2n) is 6.21. The van der Waals surface area contributed by atoms with Gasteiger partial charge >= 0.3 is 5.97 Å². The van der Waals surface area contributed by atoms with Crippen LogP contribution in [0.1, 0.15) is 23.0 Å². The molecular formula is C18H26BrClN2O4. The molecule has 1 heterocycles. The Hall–Kier alpha value is -1.28. The molecule has 8 heteroatoms. The highest BCUT2D eigenvalue weighted by atomic mass is 79.9. The fourth-order valence-corrected chi connectivity index (χ4v) is 3.51. The van der Waals surface area contributed by atoms with Crippen LogP contribution < -0.4 is 4.74 Å². The van der Waals surface area contributed by atoms with Gasteiger partial charge in [0.2, 0.25) is 0 Å². The van der Waals surface area contributed by atoms with Gasteiger partial charge < -0.3 is 24.0 Å². The number of ether oxygens (including phenoxy) is 2. The van der Waals surface area contributed by atoms with E-state index in [9.17, 15) is 9.90 Å². The zero-order valence-electron chi connectivity index (χ0n) is 15.7.